The second-order valence-corrected chi connectivity index (χ2v) is 6.28. The van der Waals surface area contributed by atoms with Crippen molar-refractivity contribution in [3.63, 3.8) is 0 Å². The van der Waals surface area contributed by atoms with Gasteiger partial charge < -0.3 is 10.5 Å². The van der Waals surface area contributed by atoms with Crippen molar-refractivity contribution in [1.82, 2.24) is 4.98 Å². The van der Waals surface area contributed by atoms with Gasteiger partial charge in [-0.15, -0.1) is 0 Å². The summed E-state index contributed by atoms with van der Waals surface area (Å²) in [6.45, 7) is 0. The number of para-hydroxylation sites is 1. The summed E-state index contributed by atoms with van der Waals surface area (Å²) in [6.07, 6.45) is 2.38. The van der Waals surface area contributed by atoms with Gasteiger partial charge in [-0.2, -0.15) is 0 Å². The molecule has 2 N–H and O–H groups in total. The standard InChI is InChI=1S/C14H12Br2N2O/c15-8-5-10(16)14(18-7-8)13-6-11(17)9-3-1-2-4-12(9)19-13/h1-5,7,11,13H,6,17H2/t11-,13?/m0/s1. The molecule has 1 unspecified atom stereocenters. The van der Waals surface area contributed by atoms with Gasteiger partial charge in [0.1, 0.15) is 11.9 Å². The topological polar surface area (TPSA) is 48.1 Å². The Balaban J connectivity index is 1.97. The number of ether oxygens (including phenoxy) is 1. The smallest absolute Gasteiger partial charge is 0.143 e. The Bertz CT molecular complexity index is 618. The molecule has 3 rings (SSSR count). The Kier molecular flexibility index (Phi) is 3.60. The van der Waals surface area contributed by atoms with Gasteiger partial charge in [-0.05, 0) is 44.0 Å². The van der Waals surface area contributed by atoms with E-state index in [0.29, 0.717) is 0 Å². The summed E-state index contributed by atoms with van der Waals surface area (Å²) in [4.78, 5) is 4.43. The van der Waals surface area contributed by atoms with E-state index < -0.39 is 0 Å². The Morgan fingerprint density at radius 1 is 1.26 bits per heavy atom. The average molecular weight is 384 g/mol. The largest absolute Gasteiger partial charge is 0.484 e. The minimum absolute atomic E-state index is 0.0210. The molecule has 0 amide bonds. The number of benzene rings is 1. The molecule has 3 nitrogen and oxygen atoms in total. The number of hydrogen-bond donors (Lipinski definition) is 1. The summed E-state index contributed by atoms with van der Waals surface area (Å²) in [7, 11) is 0. The van der Waals surface area contributed by atoms with Crippen LogP contribution >= 0.6 is 31.9 Å². The van der Waals surface area contributed by atoms with Crippen molar-refractivity contribution < 1.29 is 4.74 Å². The molecule has 98 valence electrons. The monoisotopic (exact) mass is 382 g/mol. The quantitative estimate of drug-likeness (QED) is 0.805. The van der Waals surface area contributed by atoms with Gasteiger partial charge in [-0.1, -0.05) is 18.2 Å². The van der Waals surface area contributed by atoms with Crippen LogP contribution in [0, 0.1) is 0 Å². The number of fused-ring (bicyclic) bond motifs is 1. The first-order valence-corrected chi connectivity index (χ1v) is 7.56. The van der Waals surface area contributed by atoms with E-state index in [-0.39, 0.29) is 12.1 Å². The zero-order valence-electron chi connectivity index (χ0n) is 10.0. The molecule has 2 heterocycles. The molecule has 19 heavy (non-hydrogen) atoms. The van der Waals surface area contributed by atoms with E-state index in [4.69, 9.17) is 10.5 Å². The highest BCUT2D eigenvalue weighted by atomic mass is 79.9. The first-order chi connectivity index (χ1) is 9.15. The third-order valence-corrected chi connectivity index (χ3v) is 4.27. The lowest BCUT2D eigenvalue weighted by Gasteiger charge is -2.30. The summed E-state index contributed by atoms with van der Waals surface area (Å²) in [5.41, 5.74) is 8.17. The van der Waals surface area contributed by atoms with Crippen LogP contribution in [0.15, 0.2) is 45.5 Å². The molecule has 1 aliphatic rings. The third-order valence-electron chi connectivity index (χ3n) is 3.20. The molecule has 2 atom stereocenters. The van der Waals surface area contributed by atoms with E-state index in [0.717, 1.165) is 32.4 Å². The Hall–Kier alpha value is -0.910. The SMILES string of the molecule is N[C@H]1CC(c2ncc(Br)cc2Br)Oc2ccccc21. The van der Waals surface area contributed by atoms with Gasteiger partial charge in [0.25, 0.3) is 0 Å². The van der Waals surface area contributed by atoms with Crippen molar-refractivity contribution in [1.29, 1.82) is 0 Å². The van der Waals surface area contributed by atoms with Crippen molar-refractivity contribution in [2.45, 2.75) is 18.6 Å². The molecule has 0 saturated carbocycles. The lowest BCUT2D eigenvalue weighted by atomic mass is 9.96. The molecule has 0 radical (unpaired) electrons. The van der Waals surface area contributed by atoms with Crippen molar-refractivity contribution in [3.05, 3.63) is 56.7 Å². The van der Waals surface area contributed by atoms with Crippen LogP contribution in [0.3, 0.4) is 0 Å². The zero-order valence-corrected chi connectivity index (χ0v) is 13.2. The summed E-state index contributed by atoms with van der Waals surface area (Å²) in [6, 6.07) is 9.85. The molecule has 5 heteroatoms. The van der Waals surface area contributed by atoms with Gasteiger partial charge in [0, 0.05) is 33.2 Å². The highest BCUT2D eigenvalue weighted by Gasteiger charge is 2.28. The minimum atomic E-state index is -0.118. The number of halogens is 2. The first kappa shape index (κ1) is 13.1. The fraction of sp³-hybridized carbons (Fsp3) is 0.214. The van der Waals surface area contributed by atoms with Crippen LogP contribution < -0.4 is 10.5 Å². The van der Waals surface area contributed by atoms with Crippen LogP contribution in [-0.4, -0.2) is 4.98 Å². The molecule has 0 bridgehead atoms. The number of nitrogens with two attached hydrogens (primary N) is 1. The van der Waals surface area contributed by atoms with Crippen LogP contribution in [0.4, 0.5) is 0 Å². The van der Waals surface area contributed by atoms with Crippen molar-refractivity contribution >= 4 is 31.9 Å². The van der Waals surface area contributed by atoms with E-state index in [2.05, 4.69) is 36.8 Å². The molecule has 0 saturated heterocycles. The second-order valence-electron chi connectivity index (χ2n) is 4.51. The first-order valence-electron chi connectivity index (χ1n) is 5.97. The summed E-state index contributed by atoms with van der Waals surface area (Å²) >= 11 is 6.93. The van der Waals surface area contributed by atoms with E-state index in [9.17, 15) is 0 Å². The van der Waals surface area contributed by atoms with Crippen LogP contribution in [0.2, 0.25) is 0 Å². The van der Waals surface area contributed by atoms with Crippen LogP contribution in [-0.2, 0) is 0 Å². The maximum atomic E-state index is 6.22. The van der Waals surface area contributed by atoms with Gasteiger partial charge in [-0.3, -0.25) is 4.98 Å². The fourth-order valence-corrected chi connectivity index (χ4v) is 3.53. The normalized spacial score (nSPS) is 21.6. The fourth-order valence-electron chi connectivity index (χ4n) is 2.28. The summed E-state index contributed by atoms with van der Waals surface area (Å²) in [5.74, 6) is 0.850. The maximum absolute atomic E-state index is 6.22. The highest BCUT2D eigenvalue weighted by molar-refractivity contribution is 9.11. The number of nitrogens with zero attached hydrogens (tertiary/aromatic N) is 1. The van der Waals surface area contributed by atoms with E-state index >= 15 is 0 Å². The van der Waals surface area contributed by atoms with Gasteiger partial charge in [0.05, 0.1) is 5.69 Å². The number of hydrogen-bond acceptors (Lipinski definition) is 3. The molecule has 1 aromatic carbocycles. The molecule has 0 fully saturated rings. The van der Waals surface area contributed by atoms with Gasteiger partial charge in [0.15, 0.2) is 0 Å². The molecular formula is C14H12Br2N2O. The molecule has 0 aliphatic carbocycles. The van der Waals surface area contributed by atoms with E-state index in [1.807, 2.05) is 30.3 Å². The van der Waals surface area contributed by atoms with Gasteiger partial charge >= 0.3 is 0 Å². The van der Waals surface area contributed by atoms with Crippen molar-refractivity contribution in [2.75, 3.05) is 0 Å². The minimum Gasteiger partial charge on any atom is -0.484 e. The highest BCUT2D eigenvalue weighted by Crippen LogP contribution is 2.40. The Morgan fingerprint density at radius 2 is 2.05 bits per heavy atom. The van der Waals surface area contributed by atoms with Crippen molar-refractivity contribution in [3.8, 4) is 5.75 Å². The molecule has 1 aromatic heterocycles. The van der Waals surface area contributed by atoms with Gasteiger partial charge in [-0.25, -0.2) is 0 Å². The van der Waals surface area contributed by atoms with Crippen molar-refractivity contribution in [2.24, 2.45) is 5.73 Å². The lowest BCUT2D eigenvalue weighted by molar-refractivity contribution is 0.156. The summed E-state index contributed by atoms with van der Waals surface area (Å²) in [5, 5.41) is 0. The number of aromatic nitrogens is 1. The van der Waals surface area contributed by atoms with Crippen LogP contribution in [0.25, 0.3) is 0 Å². The predicted octanol–water partition coefficient (Wildman–Crippen LogP) is 4.13. The third kappa shape index (κ3) is 2.55. The average Bonchev–Trinajstić information content (AvgIpc) is 2.38. The molecule has 2 aromatic rings. The Morgan fingerprint density at radius 3 is 2.84 bits per heavy atom. The zero-order chi connectivity index (χ0) is 13.4. The number of rotatable bonds is 1. The number of pyridine rings is 1. The lowest BCUT2D eigenvalue weighted by Crippen LogP contribution is -2.24. The Labute approximate surface area is 128 Å². The second kappa shape index (κ2) is 5.23. The van der Waals surface area contributed by atoms with E-state index in [1.165, 1.54) is 0 Å². The predicted molar refractivity (Wildman–Crippen MR) is 81.0 cm³/mol. The maximum Gasteiger partial charge on any atom is 0.143 e. The molecule has 1 aliphatic heterocycles. The molecule has 0 spiro atoms. The molecular weight excluding hydrogens is 372 g/mol. The van der Waals surface area contributed by atoms with Gasteiger partial charge in [0.2, 0.25) is 0 Å². The van der Waals surface area contributed by atoms with Crippen LogP contribution in [0.5, 0.6) is 5.75 Å². The summed E-state index contributed by atoms with van der Waals surface area (Å²) < 4.78 is 7.88. The van der Waals surface area contributed by atoms with E-state index in [1.54, 1.807) is 6.20 Å². The van der Waals surface area contributed by atoms with Crippen LogP contribution in [0.1, 0.15) is 29.8 Å².